The number of ether oxygens (including phenoxy) is 2. The summed E-state index contributed by atoms with van der Waals surface area (Å²) in [4.78, 5) is 23.9. The molecule has 1 amide bonds. The molecule has 0 unspecified atom stereocenters. The van der Waals surface area contributed by atoms with Crippen LogP contribution in [0.2, 0.25) is 0 Å². The van der Waals surface area contributed by atoms with E-state index in [1.54, 1.807) is 39.2 Å². The number of aldehydes is 1. The third-order valence-electron chi connectivity index (χ3n) is 2.50. The van der Waals surface area contributed by atoms with Crippen molar-refractivity contribution in [3.63, 3.8) is 0 Å². The molecule has 0 heterocycles. The third kappa shape index (κ3) is 3.98. The highest BCUT2D eigenvalue weighted by Gasteiger charge is 2.18. The van der Waals surface area contributed by atoms with Gasteiger partial charge in [-0.1, -0.05) is 0 Å². The Kier molecular flexibility index (Phi) is 5.36. The Bertz CT molecular complexity index is 457. The van der Waals surface area contributed by atoms with Crippen LogP contribution in [0.15, 0.2) is 18.2 Å². The Morgan fingerprint density at radius 1 is 1.37 bits per heavy atom. The molecule has 0 aliphatic carbocycles. The summed E-state index contributed by atoms with van der Waals surface area (Å²) in [5, 5.41) is 0. The summed E-state index contributed by atoms with van der Waals surface area (Å²) in [6, 6.07) is 4.85. The van der Waals surface area contributed by atoms with Crippen LogP contribution in [0.3, 0.4) is 0 Å². The van der Waals surface area contributed by atoms with Gasteiger partial charge in [-0.3, -0.25) is 9.59 Å². The monoisotopic (exact) mass is 265 g/mol. The van der Waals surface area contributed by atoms with E-state index in [4.69, 9.17) is 9.47 Å². The normalized spacial score (nSPS) is 11.6. The first-order valence-electron chi connectivity index (χ1n) is 6.09. The van der Waals surface area contributed by atoms with Gasteiger partial charge in [0.25, 0.3) is 5.91 Å². The zero-order valence-corrected chi connectivity index (χ0v) is 11.7. The van der Waals surface area contributed by atoms with Gasteiger partial charge in [0.1, 0.15) is 6.29 Å². The molecular formula is C14H19NO4. The zero-order valence-electron chi connectivity index (χ0n) is 11.7. The largest absolute Gasteiger partial charge is 0.490 e. The maximum Gasteiger partial charge on any atom is 0.262 e. The van der Waals surface area contributed by atoms with Gasteiger partial charge in [0, 0.05) is 19.7 Å². The molecule has 5 nitrogen and oxygen atoms in total. The highest BCUT2D eigenvalue weighted by molar-refractivity contribution is 5.80. The lowest BCUT2D eigenvalue weighted by Crippen LogP contribution is -2.35. The summed E-state index contributed by atoms with van der Waals surface area (Å²) in [6.07, 6.45) is 0.122. The Labute approximate surface area is 113 Å². The van der Waals surface area contributed by atoms with E-state index in [0.29, 0.717) is 23.7 Å². The second-order valence-electron chi connectivity index (χ2n) is 4.25. The van der Waals surface area contributed by atoms with Crippen LogP contribution in [0.5, 0.6) is 11.5 Å². The van der Waals surface area contributed by atoms with Crippen molar-refractivity contribution in [2.24, 2.45) is 0 Å². The van der Waals surface area contributed by atoms with Crippen LogP contribution >= 0.6 is 0 Å². The third-order valence-corrected chi connectivity index (χ3v) is 2.50. The average molecular weight is 265 g/mol. The number of carbonyl (C=O) groups excluding carboxylic acids is 2. The quantitative estimate of drug-likeness (QED) is 0.735. The summed E-state index contributed by atoms with van der Waals surface area (Å²) in [5.41, 5.74) is 0.502. The number of hydrogen-bond acceptors (Lipinski definition) is 4. The first-order chi connectivity index (χ1) is 8.99. The molecule has 5 heteroatoms. The van der Waals surface area contributed by atoms with Gasteiger partial charge < -0.3 is 14.4 Å². The SMILES string of the molecule is CCOc1cc(C=O)ccc1O[C@@H](C)C(=O)N(C)C. The van der Waals surface area contributed by atoms with E-state index in [0.717, 1.165) is 6.29 Å². The molecule has 0 aliphatic rings. The van der Waals surface area contributed by atoms with Crippen LogP contribution in [0.25, 0.3) is 0 Å². The van der Waals surface area contributed by atoms with Crippen molar-refractivity contribution in [1.29, 1.82) is 0 Å². The van der Waals surface area contributed by atoms with Gasteiger partial charge in [0.05, 0.1) is 6.61 Å². The van der Waals surface area contributed by atoms with Crippen molar-refractivity contribution >= 4 is 12.2 Å². The number of amides is 1. The van der Waals surface area contributed by atoms with E-state index < -0.39 is 6.10 Å². The van der Waals surface area contributed by atoms with Crippen LogP contribution in [-0.2, 0) is 4.79 Å². The van der Waals surface area contributed by atoms with Crippen LogP contribution in [-0.4, -0.2) is 43.9 Å². The Morgan fingerprint density at radius 2 is 2.05 bits per heavy atom. The lowest BCUT2D eigenvalue weighted by Gasteiger charge is -2.20. The number of benzene rings is 1. The molecule has 0 spiro atoms. The maximum absolute atomic E-state index is 11.7. The summed E-state index contributed by atoms with van der Waals surface area (Å²) >= 11 is 0. The first-order valence-corrected chi connectivity index (χ1v) is 6.09. The number of carbonyl (C=O) groups is 2. The molecule has 0 radical (unpaired) electrons. The summed E-state index contributed by atoms with van der Waals surface area (Å²) in [7, 11) is 3.34. The topological polar surface area (TPSA) is 55.8 Å². The van der Waals surface area contributed by atoms with E-state index in [2.05, 4.69) is 0 Å². The molecule has 104 valence electrons. The Balaban J connectivity index is 2.93. The minimum Gasteiger partial charge on any atom is -0.490 e. The minimum atomic E-state index is -0.615. The molecular weight excluding hydrogens is 246 g/mol. The second kappa shape index (κ2) is 6.78. The van der Waals surface area contributed by atoms with Gasteiger partial charge in [-0.2, -0.15) is 0 Å². The highest BCUT2D eigenvalue weighted by atomic mass is 16.5. The molecule has 0 fully saturated rings. The van der Waals surface area contributed by atoms with Gasteiger partial charge in [0.15, 0.2) is 17.6 Å². The average Bonchev–Trinajstić information content (AvgIpc) is 2.39. The molecule has 0 aliphatic heterocycles. The van der Waals surface area contributed by atoms with Gasteiger partial charge in [-0.15, -0.1) is 0 Å². The lowest BCUT2D eigenvalue weighted by atomic mass is 10.2. The predicted octanol–water partition coefficient (Wildman–Crippen LogP) is 1.75. The molecule has 0 saturated heterocycles. The molecule has 1 aromatic carbocycles. The number of rotatable bonds is 6. The van der Waals surface area contributed by atoms with Crippen molar-refractivity contribution in [2.45, 2.75) is 20.0 Å². The standard InChI is InChI=1S/C14H19NO4/c1-5-18-13-8-11(9-16)6-7-12(13)19-10(2)14(17)15(3)4/h6-10H,5H2,1-4H3/t10-/m0/s1. The van der Waals surface area contributed by atoms with Crippen molar-refractivity contribution in [2.75, 3.05) is 20.7 Å². The van der Waals surface area contributed by atoms with Gasteiger partial charge >= 0.3 is 0 Å². The molecule has 0 aromatic heterocycles. The summed E-state index contributed by atoms with van der Waals surface area (Å²) in [5.74, 6) is 0.780. The second-order valence-corrected chi connectivity index (χ2v) is 4.25. The van der Waals surface area contributed by atoms with E-state index in [1.807, 2.05) is 6.92 Å². The number of nitrogens with zero attached hydrogens (tertiary/aromatic N) is 1. The molecule has 1 rings (SSSR count). The van der Waals surface area contributed by atoms with Crippen molar-refractivity contribution in [1.82, 2.24) is 4.90 Å². The molecule has 0 bridgehead atoms. The number of likely N-dealkylation sites (N-methyl/N-ethyl adjacent to an activating group) is 1. The van der Waals surface area contributed by atoms with E-state index in [9.17, 15) is 9.59 Å². The fraction of sp³-hybridized carbons (Fsp3) is 0.429. The predicted molar refractivity (Wildman–Crippen MR) is 71.8 cm³/mol. The molecule has 1 aromatic rings. The molecule has 19 heavy (non-hydrogen) atoms. The van der Waals surface area contributed by atoms with E-state index in [1.165, 1.54) is 4.90 Å². The van der Waals surface area contributed by atoms with E-state index >= 15 is 0 Å². The summed E-state index contributed by atoms with van der Waals surface area (Å²) in [6.45, 7) is 3.96. The fourth-order valence-corrected chi connectivity index (χ4v) is 1.57. The van der Waals surface area contributed by atoms with Crippen LogP contribution in [0.1, 0.15) is 24.2 Å². The van der Waals surface area contributed by atoms with Crippen LogP contribution in [0, 0.1) is 0 Å². The van der Waals surface area contributed by atoms with Crippen molar-refractivity contribution < 1.29 is 19.1 Å². The smallest absolute Gasteiger partial charge is 0.262 e. The Hall–Kier alpha value is -2.04. The highest BCUT2D eigenvalue weighted by Crippen LogP contribution is 2.29. The Morgan fingerprint density at radius 3 is 2.58 bits per heavy atom. The van der Waals surface area contributed by atoms with Crippen LogP contribution in [0.4, 0.5) is 0 Å². The fourth-order valence-electron chi connectivity index (χ4n) is 1.57. The van der Waals surface area contributed by atoms with Gasteiger partial charge in [-0.05, 0) is 32.0 Å². The molecule has 0 saturated carbocycles. The molecule has 0 N–H and O–H groups in total. The lowest BCUT2D eigenvalue weighted by molar-refractivity contribution is -0.135. The zero-order chi connectivity index (χ0) is 14.4. The van der Waals surface area contributed by atoms with E-state index in [-0.39, 0.29) is 5.91 Å². The van der Waals surface area contributed by atoms with Gasteiger partial charge in [-0.25, -0.2) is 0 Å². The maximum atomic E-state index is 11.7. The van der Waals surface area contributed by atoms with Crippen molar-refractivity contribution in [3.05, 3.63) is 23.8 Å². The minimum absolute atomic E-state index is 0.137. The van der Waals surface area contributed by atoms with Gasteiger partial charge in [0.2, 0.25) is 0 Å². The summed E-state index contributed by atoms with van der Waals surface area (Å²) < 4.78 is 11.0. The van der Waals surface area contributed by atoms with Crippen LogP contribution < -0.4 is 9.47 Å². The first kappa shape index (κ1) is 15.0. The van der Waals surface area contributed by atoms with Crippen molar-refractivity contribution in [3.8, 4) is 11.5 Å². The molecule has 1 atom stereocenters. The number of hydrogen-bond donors (Lipinski definition) is 0.